The Labute approximate surface area is 99.1 Å². The third-order valence-corrected chi connectivity index (χ3v) is 2.95. The molecule has 6 heteroatoms. The molecular formula is C11H15N3O3. The van der Waals surface area contributed by atoms with Crippen LogP contribution in [0.3, 0.4) is 0 Å². The SMILES string of the molecule is CCN1C(=O)C(C)CC1C(=O)On1ccnc1. The monoisotopic (exact) mass is 237 g/mol. The normalized spacial score (nSPS) is 24.1. The van der Waals surface area contributed by atoms with E-state index in [2.05, 4.69) is 4.98 Å². The second-order valence-electron chi connectivity index (χ2n) is 4.11. The Balaban J connectivity index is 2.06. The average Bonchev–Trinajstić information content (AvgIpc) is 2.89. The number of carbonyl (C=O) groups is 2. The number of nitrogens with zero attached hydrogens (tertiary/aromatic N) is 3. The Bertz CT molecular complexity index is 416. The summed E-state index contributed by atoms with van der Waals surface area (Å²) in [5, 5.41) is 0. The van der Waals surface area contributed by atoms with Gasteiger partial charge in [-0.3, -0.25) is 4.79 Å². The van der Waals surface area contributed by atoms with Gasteiger partial charge in [0.25, 0.3) is 0 Å². The largest absolute Gasteiger partial charge is 0.355 e. The van der Waals surface area contributed by atoms with Crippen LogP contribution in [0.25, 0.3) is 0 Å². The molecule has 2 heterocycles. The molecule has 0 N–H and O–H groups in total. The molecule has 0 aromatic carbocycles. The van der Waals surface area contributed by atoms with Crippen molar-refractivity contribution in [3.8, 4) is 0 Å². The average molecular weight is 237 g/mol. The first-order chi connectivity index (χ1) is 8.13. The van der Waals surface area contributed by atoms with Crippen LogP contribution in [0.5, 0.6) is 0 Å². The third kappa shape index (κ3) is 2.15. The molecule has 0 aliphatic carbocycles. The van der Waals surface area contributed by atoms with Crippen LogP contribution in [0, 0.1) is 5.92 Å². The van der Waals surface area contributed by atoms with Crippen molar-refractivity contribution in [1.82, 2.24) is 14.6 Å². The van der Waals surface area contributed by atoms with E-state index in [1.165, 1.54) is 23.5 Å². The molecule has 1 aromatic heterocycles. The van der Waals surface area contributed by atoms with Crippen molar-refractivity contribution in [3.63, 3.8) is 0 Å². The molecule has 92 valence electrons. The van der Waals surface area contributed by atoms with Crippen LogP contribution in [-0.2, 0) is 9.59 Å². The van der Waals surface area contributed by atoms with Crippen LogP contribution in [0.1, 0.15) is 20.3 Å². The number of amides is 1. The van der Waals surface area contributed by atoms with Crippen molar-refractivity contribution in [2.45, 2.75) is 26.3 Å². The minimum Gasteiger partial charge on any atom is -0.333 e. The van der Waals surface area contributed by atoms with E-state index in [4.69, 9.17) is 4.84 Å². The first-order valence-corrected chi connectivity index (χ1v) is 5.64. The number of rotatable bonds is 3. The molecule has 0 saturated carbocycles. The van der Waals surface area contributed by atoms with Crippen molar-refractivity contribution in [2.24, 2.45) is 5.92 Å². The van der Waals surface area contributed by atoms with Crippen LogP contribution >= 0.6 is 0 Å². The van der Waals surface area contributed by atoms with Gasteiger partial charge in [-0.1, -0.05) is 6.92 Å². The Morgan fingerprint density at radius 3 is 3.00 bits per heavy atom. The molecule has 1 fully saturated rings. The maximum absolute atomic E-state index is 11.9. The highest BCUT2D eigenvalue weighted by Crippen LogP contribution is 2.24. The molecule has 1 aromatic rings. The van der Waals surface area contributed by atoms with Crippen molar-refractivity contribution < 1.29 is 14.4 Å². The van der Waals surface area contributed by atoms with Crippen molar-refractivity contribution in [1.29, 1.82) is 0 Å². The summed E-state index contributed by atoms with van der Waals surface area (Å²) in [6, 6.07) is -0.482. The van der Waals surface area contributed by atoms with E-state index in [0.29, 0.717) is 13.0 Å². The summed E-state index contributed by atoms with van der Waals surface area (Å²) in [6.45, 7) is 4.20. The molecule has 2 rings (SSSR count). The maximum Gasteiger partial charge on any atom is 0.355 e. The summed E-state index contributed by atoms with van der Waals surface area (Å²) in [5.41, 5.74) is 0. The van der Waals surface area contributed by atoms with Gasteiger partial charge in [0.1, 0.15) is 12.4 Å². The van der Waals surface area contributed by atoms with E-state index in [0.717, 1.165) is 0 Å². The number of aromatic nitrogens is 2. The second kappa shape index (κ2) is 4.57. The summed E-state index contributed by atoms with van der Waals surface area (Å²) in [4.78, 5) is 34.1. The highest BCUT2D eigenvalue weighted by atomic mass is 16.7. The van der Waals surface area contributed by atoms with Gasteiger partial charge in [0.2, 0.25) is 5.91 Å². The smallest absolute Gasteiger partial charge is 0.333 e. The zero-order chi connectivity index (χ0) is 12.4. The van der Waals surface area contributed by atoms with Gasteiger partial charge in [0.15, 0.2) is 0 Å². The van der Waals surface area contributed by atoms with Crippen molar-refractivity contribution in [3.05, 3.63) is 18.7 Å². The summed E-state index contributed by atoms with van der Waals surface area (Å²) < 4.78 is 1.24. The lowest BCUT2D eigenvalue weighted by Gasteiger charge is -2.21. The number of likely N-dealkylation sites (tertiary alicyclic amines) is 1. The highest BCUT2D eigenvalue weighted by molar-refractivity contribution is 5.89. The van der Waals surface area contributed by atoms with Gasteiger partial charge in [0.05, 0.1) is 6.20 Å². The zero-order valence-corrected chi connectivity index (χ0v) is 9.87. The van der Waals surface area contributed by atoms with E-state index >= 15 is 0 Å². The molecule has 1 aliphatic heterocycles. The molecule has 2 atom stereocenters. The number of carbonyl (C=O) groups excluding carboxylic acids is 2. The van der Waals surface area contributed by atoms with Gasteiger partial charge in [-0.05, 0) is 13.3 Å². The van der Waals surface area contributed by atoms with E-state index in [9.17, 15) is 9.59 Å². The molecular weight excluding hydrogens is 222 g/mol. The molecule has 0 spiro atoms. The van der Waals surface area contributed by atoms with Crippen LogP contribution in [0.15, 0.2) is 18.7 Å². The quantitative estimate of drug-likeness (QED) is 0.747. The molecule has 17 heavy (non-hydrogen) atoms. The lowest BCUT2D eigenvalue weighted by molar-refractivity contribution is -0.152. The highest BCUT2D eigenvalue weighted by Gasteiger charge is 2.41. The fraction of sp³-hybridized carbons (Fsp3) is 0.545. The maximum atomic E-state index is 11.9. The summed E-state index contributed by atoms with van der Waals surface area (Å²) in [7, 11) is 0. The van der Waals surface area contributed by atoms with Crippen LogP contribution in [-0.4, -0.2) is 39.1 Å². The minimum atomic E-state index is -0.482. The first kappa shape index (κ1) is 11.6. The van der Waals surface area contributed by atoms with Gasteiger partial charge < -0.3 is 9.74 Å². The van der Waals surface area contributed by atoms with Gasteiger partial charge in [-0.25, -0.2) is 9.78 Å². The molecule has 1 amide bonds. The van der Waals surface area contributed by atoms with Crippen LogP contribution in [0.2, 0.25) is 0 Å². The van der Waals surface area contributed by atoms with Crippen LogP contribution in [0.4, 0.5) is 0 Å². The van der Waals surface area contributed by atoms with E-state index < -0.39 is 12.0 Å². The van der Waals surface area contributed by atoms with E-state index in [1.54, 1.807) is 4.90 Å². The lowest BCUT2D eigenvalue weighted by atomic mass is 10.1. The number of hydrogen-bond acceptors (Lipinski definition) is 4. The van der Waals surface area contributed by atoms with Gasteiger partial charge in [-0.2, -0.15) is 4.73 Å². The number of hydrogen-bond donors (Lipinski definition) is 0. The first-order valence-electron chi connectivity index (χ1n) is 5.64. The predicted octanol–water partition coefficient (Wildman–Crippen LogP) is 0.0952. The molecule has 2 unspecified atom stereocenters. The van der Waals surface area contributed by atoms with Crippen LogP contribution < -0.4 is 4.84 Å². The van der Waals surface area contributed by atoms with E-state index in [-0.39, 0.29) is 11.8 Å². The molecule has 6 nitrogen and oxygen atoms in total. The van der Waals surface area contributed by atoms with E-state index in [1.807, 2.05) is 13.8 Å². The Kier molecular flexibility index (Phi) is 3.12. The van der Waals surface area contributed by atoms with Crippen molar-refractivity contribution in [2.75, 3.05) is 6.54 Å². The molecule has 0 bridgehead atoms. The third-order valence-electron chi connectivity index (χ3n) is 2.95. The number of imidazole rings is 1. The predicted molar refractivity (Wildman–Crippen MR) is 58.8 cm³/mol. The topological polar surface area (TPSA) is 64.4 Å². The zero-order valence-electron chi connectivity index (χ0n) is 9.87. The van der Waals surface area contributed by atoms with Gasteiger partial charge >= 0.3 is 5.97 Å². The lowest BCUT2D eigenvalue weighted by Crippen LogP contribution is -2.42. The number of likely N-dealkylation sites (N-methyl/N-ethyl adjacent to an activating group) is 1. The summed E-state index contributed by atoms with van der Waals surface area (Å²) in [5.74, 6) is -0.516. The standard InChI is InChI=1S/C11H15N3O3/c1-3-14-9(6-8(2)10(14)15)11(16)17-13-5-4-12-7-13/h4-5,7-9H,3,6H2,1-2H3. The Hall–Kier alpha value is -1.85. The second-order valence-corrected chi connectivity index (χ2v) is 4.11. The Morgan fingerprint density at radius 2 is 2.41 bits per heavy atom. The summed E-state index contributed by atoms with van der Waals surface area (Å²) >= 11 is 0. The fourth-order valence-corrected chi connectivity index (χ4v) is 2.06. The Morgan fingerprint density at radius 1 is 1.65 bits per heavy atom. The summed E-state index contributed by atoms with van der Waals surface area (Å²) in [6.07, 6.45) is 4.97. The molecule has 1 saturated heterocycles. The van der Waals surface area contributed by atoms with Gasteiger partial charge in [-0.15, -0.1) is 0 Å². The van der Waals surface area contributed by atoms with Gasteiger partial charge in [0, 0.05) is 18.7 Å². The molecule has 1 aliphatic rings. The van der Waals surface area contributed by atoms with Crippen molar-refractivity contribution >= 4 is 11.9 Å². The minimum absolute atomic E-state index is 0.0140. The fourth-order valence-electron chi connectivity index (χ4n) is 2.06. The molecule has 0 radical (unpaired) electrons.